The Kier molecular flexibility index (Phi) is 5.74. The molecule has 23 heavy (non-hydrogen) atoms. The summed E-state index contributed by atoms with van der Waals surface area (Å²) in [5, 5.41) is 11.0. The Bertz CT molecular complexity index is 678. The van der Waals surface area contributed by atoms with Crippen molar-refractivity contribution in [3.05, 3.63) is 38.2 Å². The van der Waals surface area contributed by atoms with Crippen LogP contribution in [0.1, 0.15) is 6.23 Å². The summed E-state index contributed by atoms with van der Waals surface area (Å²) in [5.41, 5.74) is 2.01. The average Bonchev–Trinajstić information content (AvgIpc) is 2.54. The van der Waals surface area contributed by atoms with E-state index < -0.39 is 31.8 Å². The van der Waals surface area contributed by atoms with Crippen LogP contribution in [0.2, 0.25) is 0 Å². The van der Waals surface area contributed by atoms with Gasteiger partial charge in [-0.2, -0.15) is 14.9 Å². The van der Waals surface area contributed by atoms with Crippen LogP contribution in [0.3, 0.4) is 0 Å². The first kappa shape index (κ1) is 17.4. The minimum atomic E-state index is -3.78. The van der Waals surface area contributed by atoms with Gasteiger partial charge in [0.15, 0.2) is 12.8 Å². The second-order valence-corrected chi connectivity index (χ2v) is 5.91. The molecule has 1 aliphatic rings. The zero-order valence-corrected chi connectivity index (χ0v) is 12.5. The molecule has 0 aliphatic carbocycles. The summed E-state index contributed by atoms with van der Waals surface area (Å²) in [6.45, 7) is -0.595. The Morgan fingerprint density at radius 1 is 1.61 bits per heavy atom. The molecule has 0 spiro atoms. The molecule has 1 aliphatic heterocycles. The zero-order chi connectivity index (χ0) is 16.9. The molecule has 0 amide bonds. The van der Waals surface area contributed by atoms with Crippen LogP contribution in [0, 0.1) is 5.39 Å². The van der Waals surface area contributed by atoms with Gasteiger partial charge in [-0.1, -0.05) is 4.62 Å². The normalized spacial score (nSPS) is 25.5. The first-order valence-electron chi connectivity index (χ1n) is 6.23. The van der Waals surface area contributed by atoms with E-state index in [4.69, 9.17) is 25.1 Å². The number of diazo groups is 1. The van der Waals surface area contributed by atoms with Crippen LogP contribution in [-0.4, -0.2) is 35.4 Å². The molecular weight excluding hydrogens is 335 g/mol. The number of rotatable bonds is 6. The molecule has 0 bridgehead atoms. The third-order valence-corrected chi connectivity index (χ3v) is 3.97. The first-order valence-corrected chi connectivity index (χ1v) is 7.69. The minimum Gasteiger partial charge on any atom is -0.604 e. The van der Waals surface area contributed by atoms with Gasteiger partial charge in [0.1, 0.15) is 24.7 Å². The molecule has 2 rings (SSSR count). The van der Waals surface area contributed by atoms with Crippen molar-refractivity contribution in [1.29, 1.82) is 5.39 Å². The van der Waals surface area contributed by atoms with Gasteiger partial charge in [-0.15, -0.1) is 0 Å². The molecule has 13 nitrogen and oxygen atoms in total. The molecule has 14 heteroatoms. The third-order valence-electron chi connectivity index (χ3n) is 2.78. The molecule has 1 atom stereocenters. The van der Waals surface area contributed by atoms with Gasteiger partial charge in [-0.25, -0.2) is 4.79 Å². The fourth-order valence-corrected chi connectivity index (χ4v) is 2.65. The summed E-state index contributed by atoms with van der Waals surface area (Å²) in [6.07, 6.45) is -0.564. The van der Waals surface area contributed by atoms with Gasteiger partial charge in [0.2, 0.25) is 0 Å². The number of aromatic amines is 1. The highest BCUT2D eigenvalue weighted by Crippen LogP contribution is 2.54. The number of nitrogens with one attached hydrogen (secondary N) is 1. The van der Waals surface area contributed by atoms with E-state index in [2.05, 4.69) is 15.1 Å². The van der Waals surface area contributed by atoms with E-state index in [0.717, 1.165) is 10.6 Å². The maximum absolute atomic E-state index is 11.8. The summed E-state index contributed by atoms with van der Waals surface area (Å²) in [5.74, 6) is 4.79. The topological polar surface area (TPSA) is 183 Å². The second-order valence-electron chi connectivity index (χ2n) is 4.29. The zero-order valence-electron chi connectivity index (χ0n) is 11.6. The Hall–Kier alpha value is -1.91. The maximum atomic E-state index is 11.8. The van der Waals surface area contributed by atoms with Crippen LogP contribution in [0.15, 0.2) is 21.9 Å². The summed E-state index contributed by atoms with van der Waals surface area (Å²) in [6, 6.07) is 1.11. The Morgan fingerprint density at radius 3 is 2.87 bits per heavy atom. The second kappa shape index (κ2) is 7.57. The lowest BCUT2D eigenvalue weighted by molar-refractivity contribution is -0.267. The van der Waals surface area contributed by atoms with Gasteiger partial charge in [0.05, 0.1) is 0 Å². The van der Waals surface area contributed by atoms with Crippen molar-refractivity contribution < 1.29 is 23.3 Å². The highest BCUT2D eigenvalue weighted by Gasteiger charge is 2.41. The van der Waals surface area contributed by atoms with E-state index >= 15 is 0 Å². The van der Waals surface area contributed by atoms with Gasteiger partial charge < -0.3 is 9.63 Å². The predicted molar refractivity (Wildman–Crippen MR) is 71.4 cm³/mol. The van der Waals surface area contributed by atoms with E-state index in [-0.39, 0.29) is 19.8 Å². The van der Waals surface area contributed by atoms with E-state index in [0.29, 0.717) is 0 Å². The van der Waals surface area contributed by atoms with Crippen molar-refractivity contribution in [2.24, 2.45) is 5.90 Å². The molecule has 0 saturated carbocycles. The standard InChI is InChI=1S/C9H13N6O7P/c10-14-12-3-8(15-2-1-7(16)13-9(15)17)21-6-4-19-23(18,22-11)20-5-6/h1-2,6,8H,3-5,11H2,(H,13,16,17)/q+1/t6?,8-,23?/m1/s1. The number of phosphoric acid groups is 1. The molecule has 0 unspecified atom stereocenters. The van der Waals surface area contributed by atoms with Crippen LogP contribution in [0.5, 0.6) is 0 Å². The average molecular weight is 348 g/mol. The number of nitrogens with zero attached hydrogens (tertiary/aromatic N) is 4. The molecule has 2 heterocycles. The highest BCUT2D eigenvalue weighted by atomic mass is 31.2. The summed E-state index contributed by atoms with van der Waals surface area (Å²) < 4.78 is 20.3. The van der Waals surface area contributed by atoms with Gasteiger partial charge in [-0.05, 0) is 0 Å². The summed E-state index contributed by atoms with van der Waals surface area (Å²) >= 11 is 0. The number of hydrogen-bond acceptors (Lipinski definition) is 9. The summed E-state index contributed by atoms with van der Waals surface area (Å²) in [7, 11) is -3.78. The Balaban J connectivity index is 2.09. The van der Waals surface area contributed by atoms with Crippen molar-refractivity contribution in [2.45, 2.75) is 12.3 Å². The fraction of sp³-hybridized carbons (Fsp3) is 0.556. The lowest BCUT2D eigenvalue weighted by Gasteiger charge is -2.31. The van der Waals surface area contributed by atoms with Crippen molar-refractivity contribution in [1.82, 2.24) is 15.0 Å². The Morgan fingerprint density at radius 2 is 2.30 bits per heavy atom. The van der Waals surface area contributed by atoms with Crippen LogP contribution < -0.4 is 27.5 Å². The van der Waals surface area contributed by atoms with Gasteiger partial charge >= 0.3 is 18.9 Å². The highest BCUT2D eigenvalue weighted by molar-refractivity contribution is 7.53. The molecule has 1 aromatic heterocycles. The van der Waals surface area contributed by atoms with Crippen molar-refractivity contribution in [2.75, 3.05) is 19.8 Å². The number of hydrogen-bond donors (Lipinski definition) is 2. The maximum Gasteiger partial charge on any atom is 0.403 e. The summed E-state index contributed by atoms with van der Waals surface area (Å²) in [4.78, 5) is 36.5. The van der Waals surface area contributed by atoms with E-state index in [1.807, 2.05) is 4.98 Å². The monoisotopic (exact) mass is 348 g/mol. The quantitative estimate of drug-likeness (QED) is 0.326. The molecule has 1 aromatic rings. The van der Waals surface area contributed by atoms with Crippen LogP contribution in [0.4, 0.5) is 0 Å². The van der Waals surface area contributed by atoms with E-state index in [1.165, 1.54) is 6.20 Å². The SMILES string of the molecule is N#[N+][N]C[C@@H](OC1CO[P+]([O-])(ON)OC1)n1ccc(=O)[nH]c1=O. The van der Waals surface area contributed by atoms with Gasteiger partial charge in [-0.3, -0.25) is 14.3 Å². The smallest absolute Gasteiger partial charge is 0.403 e. The van der Waals surface area contributed by atoms with E-state index in [9.17, 15) is 14.5 Å². The minimum absolute atomic E-state index is 0.181. The Labute approximate surface area is 129 Å². The van der Waals surface area contributed by atoms with E-state index in [1.54, 1.807) is 0 Å². The lowest BCUT2D eigenvalue weighted by atomic mass is 10.4. The van der Waals surface area contributed by atoms with Gasteiger partial charge in [0.25, 0.3) is 11.0 Å². The lowest BCUT2D eigenvalue weighted by Crippen LogP contribution is -2.41. The van der Waals surface area contributed by atoms with Crippen LogP contribution >= 0.6 is 8.17 Å². The largest absolute Gasteiger partial charge is 0.604 e. The molecule has 1 radical (unpaired) electrons. The molecule has 1 saturated heterocycles. The third kappa shape index (κ3) is 4.53. The predicted octanol–water partition coefficient (Wildman–Crippen LogP) is -2.23. The van der Waals surface area contributed by atoms with Crippen molar-refractivity contribution in [3.8, 4) is 0 Å². The van der Waals surface area contributed by atoms with Gasteiger partial charge in [0, 0.05) is 12.3 Å². The van der Waals surface area contributed by atoms with Crippen LogP contribution in [0.25, 0.3) is 5.08 Å². The number of H-pyrrole nitrogens is 1. The molecule has 1 fully saturated rings. The van der Waals surface area contributed by atoms with Crippen molar-refractivity contribution in [3.63, 3.8) is 0 Å². The number of ether oxygens (including phenoxy) is 1. The fourth-order valence-electron chi connectivity index (χ4n) is 1.75. The van der Waals surface area contributed by atoms with Crippen LogP contribution in [-0.2, 0) is 18.4 Å². The number of phosphoric ester groups is 1. The molecule has 3 N–H and O–H groups in total. The molecule has 0 aromatic carbocycles. The molecular formula is C9H13N6O7P+. The number of nitrogens with two attached hydrogens (primary N) is 1. The number of aromatic nitrogens is 2. The first-order chi connectivity index (χ1) is 11.0. The van der Waals surface area contributed by atoms with Crippen molar-refractivity contribution >= 4 is 8.17 Å². The molecule has 125 valence electrons.